The van der Waals surface area contributed by atoms with Crippen LogP contribution < -0.4 is 5.32 Å². The van der Waals surface area contributed by atoms with Crippen LogP contribution in [0.4, 0.5) is 0 Å². The highest BCUT2D eigenvalue weighted by Gasteiger charge is 2.28. The van der Waals surface area contributed by atoms with Crippen LogP contribution in [-0.4, -0.2) is 60.8 Å². The first kappa shape index (κ1) is 14.5. The zero-order chi connectivity index (χ0) is 11.4. The van der Waals surface area contributed by atoms with Gasteiger partial charge in [-0.3, -0.25) is 0 Å². The van der Waals surface area contributed by atoms with Gasteiger partial charge < -0.3 is 10.2 Å². The molecule has 0 radical (unpaired) electrons. The lowest BCUT2D eigenvalue weighted by molar-refractivity contribution is -0.651. The molecular weight excluding hydrogens is 244 g/mol. The summed E-state index contributed by atoms with van der Waals surface area (Å²) in [6.07, 6.45) is 2.08. The van der Waals surface area contributed by atoms with Crippen molar-refractivity contribution in [2.45, 2.75) is 12.8 Å². The number of nitrogens with zero attached hydrogens (tertiary/aromatic N) is 3. The Morgan fingerprint density at radius 1 is 1.29 bits per heavy atom. The van der Waals surface area contributed by atoms with Crippen molar-refractivity contribution < 1.29 is 5.03 Å². The molecule has 2 fully saturated rings. The molecule has 6 nitrogen and oxygen atoms in total. The molecule has 0 bridgehead atoms. The monoisotopic (exact) mass is 264 g/mol. The van der Waals surface area contributed by atoms with Gasteiger partial charge in [0.25, 0.3) is 0 Å². The van der Waals surface area contributed by atoms with E-state index in [2.05, 4.69) is 10.2 Å². The first-order valence-corrected chi connectivity index (χ1v) is 6.08. The normalized spacial score (nSPS) is 25.6. The summed E-state index contributed by atoms with van der Waals surface area (Å²) in [7, 11) is 0. The molecule has 2 aliphatic heterocycles. The molecule has 0 spiro atoms. The van der Waals surface area contributed by atoms with Crippen LogP contribution in [-0.2, 0) is 0 Å². The van der Waals surface area contributed by atoms with Crippen molar-refractivity contribution in [3.63, 3.8) is 0 Å². The first-order valence-electron chi connectivity index (χ1n) is 6.08. The van der Waals surface area contributed by atoms with Crippen molar-refractivity contribution in [1.29, 1.82) is 0 Å². The summed E-state index contributed by atoms with van der Waals surface area (Å²) < 4.78 is 0. The van der Waals surface area contributed by atoms with Crippen LogP contribution in [0.5, 0.6) is 0 Å². The Hall–Kier alpha value is -0.590. The molecule has 2 aliphatic rings. The summed E-state index contributed by atoms with van der Waals surface area (Å²) in [4.78, 5) is 13.0. The summed E-state index contributed by atoms with van der Waals surface area (Å²) in [6.45, 7) is 6.74. The minimum atomic E-state index is -0.259. The van der Waals surface area contributed by atoms with E-state index in [9.17, 15) is 10.1 Å². The van der Waals surface area contributed by atoms with Crippen LogP contribution in [0.2, 0.25) is 0 Å². The van der Waals surface area contributed by atoms with Gasteiger partial charge in [0.1, 0.15) is 0 Å². The molecule has 0 aromatic heterocycles. The quantitative estimate of drug-likeness (QED) is 0.581. The number of nitro groups is 1. The summed E-state index contributed by atoms with van der Waals surface area (Å²) in [5.74, 6) is 0.514. The predicted octanol–water partition coefficient (Wildman–Crippen LogP) is 0.217. The van der Waals surface area contributed by atoms with Crippen molar-refractivity contribution >= 4 is 12.4 Å². The maximum atomic E-state index is 10.6. The predicted molar refractivity (Wildman–Crippen MR) is 67.8 cm³/mol. The van der Waals surface area contributed by atoms with E-state index in [1.165, 1.54) is 5.01 Å². The summed E-state index contributed by atoms with van der Waals surface area (Å²) in [6, 6.07) is 0. The molecule has 0 aromatic rings. The molecule has 1 atom stereocenters. The number of nitrogens with one attached hydrogen (secondary N) is 1. The van der Waals surface area contributed by atoms with E-state index in [0.717, 1.165) is 45.6 Å². The fourth-order valence-corrected chi connectivity index (χ4v) is 2.50. The number of hydrogen-bond acceptors (Lipinski definition) is 4. The first-order chi connectivity index (χ1) is 7.75. The van der Waals surface area contributed by atoms with E-state index >= 15 is 0 Å². The van der Waals surface area contributed by atoms with Crippen LogP contribution in [0.15, 0.2) is 0 Å². The fourth-order valence-electron chi connectivity index (χ4n) is 2.50. The van der Waals surface area contributed by atoms with Crippen LogP contribution in [0.3, 0.4) is 0 Å². The van der Waals surface area contributed by atoms with Crippen molar-refractivity contribution in [1.82, 2.24) is 15.2 Å². The molecule has 7 heteroatoms. The smallest absolute Gasteiger partial charge is 0.160 e. The van der Waals surface area contributed by atoms with E-state index in [1.54, 1.807) is 0 Å². The van der Waals surface area contributed by atoms with Crippen molar-refractivity contribution in [3.05, 3.63) is 10.1 Å². The average Bonchev–Trinajstić information content (AvgIpc) is 2.76. The molecule has 1 unspecified atom stereocenters. The van der Waals surface area contributed by atoms with Gasteiger partial charge in [-0.15, -0.1) is 17.4 Å². The van der Waals surface area contributed by atoms with Gasteiger partial charge in [-0.1, -0.05) is 0 Å². The van der Waals surface area contributed by atoms with Crippen LogP contribution in [0, 0.1) is 16.0 Å². The van der Waals surface area contributed by atoms with Crippen molar-refractivity contribution in [2.24, 2.45) is 5.92 Å². The molecule has 2 rings (SSSR count). The Labute approximate surface area is 108 Å². The van der Waals surface area contributed by atoms with E-state index in [0.29, 0.717) is 19.0 Å². The lowest BCUT2D eigenvalue weighted by Gasteiger charge is -2.27. The SMILES string of the molecule is Cl.O=[N+]([O-])N1CCC(CCN2CCNCC2)C1. The second-order valence-electron chi connectivity index (χ2n) is 4.69. The highest BCUT2D eigenvalue weighted by atomic mass is 35.5. The number of hydrazine groups is 1. The lowest BCUT2D eigenvalue weighted by atomic mass is 10.0. The van der Waals surface area contributed by atoms with E-state index < -0.39 is 0 Å². The number of rotatable bonds is 4. The fraction of sp³-hybridized carbons (Fsp3) is 1.00. The van der Waals surface area contributed by atoms with E-state index in [1.807, 2.05) is 0 Å². The van der Waals surface area contributed by atoms with E-state index in [-0.39, 0.29) is 17.4 Å². The maximum absolute atomic E-state index is 10.6. The summed E-state index contributed by atoms with van der Waals surface area (Å²) in [5.41, 5.74) is 0. The molecule has 2 saturated heterocycles. The molecule has 17 heavy (non-hydrogen) atoms. The summed E-state index contributed by atoms with van der Waals surface area (Å²) in [5, 5.41) is 15.0. The van der Waals surface area contributed by atoms with Gasteiger partial charge in [0.15, 0.2) is 5.03 Å². The highest BCUT2D eigenvalue weighted by molar-refractivity contribution is 5.85. The zero-order valence-corrected chi connectivity index (χ0v) is 10.8. The van der Waals surface area contributed by atoms with Gasteiger partial charge in [-0.05, 0) is 25.3 Å². The van der Waals surface area contributed by atoms with Crippen LogP contribution in [0.25, 0.3) is 0 Å². The third-order valence-electron chi connectivity index (χ3n) is 3.56. The Morgan fingerprint density at radius 3 is 2.59 bits per heavy atom. The molecule has 0 amide bonds. The van der Waals surface area contributed by atoms with Crippen LogP contribution in [0.1, 0.15) is 12.8 Å². The third-order valence-corrected chi connectivity index (χ3v) is 3.56. The lowest BCUT2D eigenvalue weighted by Crippen LogP contribution is -2.44. The Balaban J connectivity index is 0.00000144. The molecule has 0 aliphatic carbocycles. The maximum Gasteiger partial charge on any atom is 0.160 e. The number of halogens is 1. The van der Waals surface area contributed by atoms with E-state index in [4.69, 9.17) is 0 Å². The van der Waals surface area contributed by atoms with Crippen molar-refractivity contribution in [2.75, 3.05) is 45.8 Å². The number of hydrogen-bond donors (Lipinski definition) is 1. The molecule has 2 heterocycles. The van der Waals surface area contributed by atoms with Gasteiger partial charge >= 0.3 is 0 Å². The number of piperazine rings is 1. The van der Waals surface area contributed by atoms with Gasteiger partial charge in [-0.25, -0.2) is 10.1 Å². The molecular formula is C10H21ClN4O2. The molecule has 0 aromatic carbocycles. The van der Waals surface area contributed by atoms with Gasteiger partial charge in [0, 0.05) is 26.2 Å². The van der Waals surface area contributed by atoms with Crippen LogP contribution >= 0.6 is 12.4 Å². The second kappa shape index (κ2) is 6.98. The largest absolute Gasteiger partial charge is 0.314 e. The van der Waals surface area contributed by atoms with Gasteiger partial charge in [0.05, 0.1) is 13.1 Å². The highest BCUT2D eigenvalue weighted by Crippen LogP contribution is 2.19. The molecule has 0 saturated carbocycles. The van der Waals surface area contributed by atoms with Crippen molar-refractivity contribution in [3.8, 4) is 0 Å². The third kappa shape index (κ3) is 4.29. The average molecular weight is 265 g/mol. The summed E-state index contributed by atoms with van der Waals surface area (Å²) >= 11 is 0. The minimum Gasteiger partial charge on any atom is -0.314 e. The Bertz CT molecular complexity index is 248. The molecule has 1 N–H and O–H groups in total. The Morgan fingerprint density at radius 2 is 2.00 bits per heavy atom. The topological polar surface area (TPSA) is 61.7 Å². The second-order valence-corrected chi connectivity index (χ2v) is 4.69. The minimum absolute atomic E-state index is 0. The van der Waals surface area contributed by atoms with Gasteiger partial charge in [0.2, 0.25) is 0 Å². The zero-order valence-electron chi connectivity index (χ0n) is 10.0. The molecule has 100 valence electrons. The standard InChI is InChI=1S/C10H20N4O2.ClH/c15-14(16)13-6-2-10(9-13)1-5-12-7-3-11-4-8-12;/h10-11H,1-9H2;1H. The van der Waals surface area contributed by atoms with Gasteiger partial charge in [-0.2, -0.15) is 0 Å². The Kier molecular flexibility index (Phi) is 5.94.